The smallest absolute Gasteiger partial charge is 0.242 e. The number of hydrogen-bond acceptors (Lipinski definition) is 3. The standard InChI is InChI=1S/C16H24N2O2S/c1-5-18(6-2)15(19)11-17(4)16(20)12-21-14-10-8-7-9-13(14)3/h7-10H,5-6,11-12H2,1-4H3. The molecule has 4 nitrogen and oxygen atoms in total. The number of benzene rings is 1. The molecule has 0 N–H and O–H groups in total. The van der Waals surface area contributed by atoms with Gasteiger partial charge >= 0.3 is 0 Å². The number of carbonyl (C=O) groups excluding carboxylic acids is 2. The van der Waals surface area contributed by atoms with E-state index in [-0.39, 0.29) is 18.4 Å². The van der Waals surface area contributed by atoms with Crippen LogP contribution in [0.2, 0.25) is 0 Å². The van der Waals surface area contributed by atoms with Gasteiger partial charge in [0, 0.05) is 25.0 Å². The van der Waals surface area contributed by atoms with E-state index in [1.807, 2.05) is 45.0 Å². The molecule has 1 aromatic carbocycles. The summed E-state index contributed by atoms with van der Waals surface area (Å²) in [5.41, 5.74) is 1.16. The van der Waals surface area contributed by atoms with Crippen molar-refractivity contribution < 1.29 is 9.59 Å². The van der Waals surface area contributed by atoms with Gasteiger partial charge in [0.2, 0.25) is 11.8 Å². The Balaban J connectivity index is 2.48. The number of likely N-dealkylation sites (N-methyl/N-ethyl adjacent to an activating group) is 2. The third-order valence-corrected chi connectivity index (χ3v) is 4.52. The van der Waals surface area contributed by atoms with Crippen molar-refractivity contribution in [3.05, 3.63) is 29.8 Å². The Hall–Kier alpha value is -1.49. The molecule has 0 aromatic heterocycles. The summed E-state index contributed by atoms with van der Waals surface area (Å²) in [7, 11) is 1.68. The van der Waals surface area contributed by atoms with Gasteiger partial charge < -0.3 is 9.80 Å². The van der Waals surface area contributed by atoms with Crippen molar-refractivity contribution in [2.24, 2.45) is 0 Å². The van der Waals surface area contributed by atoms with Crippen molar-refractivity contribution in [2.75, 3.05) is 32.4 Å². The number of carbonyl (C=O) groups is 2. The summed E-state index contributed by atoms with van der Waals surface area (Å²) in [5, 5.41) is 0. The van der Waals surface area contributed by atoms with Crippen molar-refractivity contribution in [3.63, 3.8) is 0 Å². The van der Waals surface area contributed by atoms with Gasteiger partial charge in [-0.1, -0.05) is 18.2 Å². The van der Waals surface area contributed by atoms with E-state index < -0.39 is 0 Å². The molecule has 0 spiro atoms. The van der Waals surface area contributed by atoms with E-state index in [0.717, 1.165) is 10.5 Å². The van der Waals surface area contributed by atoms with E-state index in [1.165, 1.54) is 16.7 Å². The number of rotatable bonds is 7. The van der Waals surface area contributed by atoms with Crippen LogP contribution >= 0.6 is 11.8 Å². The van der Waals surface area contributed by atoms with Gasteiger partial charge in [-0.25, -0.2) is 0 Å². The maximum atomic E-state index is 12.1. The topological polar surface area (TPSA) is 40.6 Å². The highest BCUT2D eigenvalue weighted by Gasteiger charge is 2.16. The van der Waals surface area contributed by atoms with Crippen molar-refractivity contribution in [1.82, 2.24) is 9.80 Å². The fraction of sp³-hybridized carbons (Fsp3) is 0.500. The largest absolute Gasteiger partial charge is 0.342 e. The quantitative estimate of drug-likeness (QED) is 0.726. The van der Waals surface area contributed by atoms with Crippen LogP contribution < -0.4 is 0 Å². The first-order valence-corrected chi connectivity index (χ1v) is 8.18. The van der Waals surface area contributed by atoms with E-state index in [4.69, 9.17) is 0 Å². The molecule has 1 rings (SSSR count). The summed E-state index contributed by atoms with van der Waals surface area (Å²) < 4.78 is 0. The highest BCUT2D eigenvalue weighted by molar-refractivity contribution is 8.00. The fourth-order valence-electron chi connectivity index (χ4n) is 1.94. The van der Waals surface area contributed by atoms with E-state index >= 15 is 0 Å². The van der Waals surface area contributed by atoms with Crippen LogP contribution in [0.25, 0.3) is 0 Å². The summed E-state index contributed by atoms with van der Waals surface area (Å²) in [5.74, 6) is 0.327. The highest BCUT2D eigenvalue weighted by Crippen LogP contribution is 2.21. The summed E-state index contributed by atoms with van der Waals surface area (Å²) in [6, 6.07) is 7.98. The predicted octanol–water partition coefficient (Wildman–Crippen LogP) is 2.41. The Bertz CT molecular complexity index is 487. The van der Waals surface area contributed by atoms with Gasteiger partial charge in [0.15, 0.2) is 0 Å². The van der Waals surface area contributed by atoms with Crippen LogP contribution in [0.15, 0.2) is 29.2 Å². The first-order valence-electron chi connectivity index (χ1n) is 7.19. The van der Waals surface area contributed by atoms with Gasteiger partial charge in [-0.2, -0.15) is 0 Å². The van der Waals surface area contributed by atoms with Crippen LogP contribution in [-0.4, -0.2) is 54.0 Å². The van der Waals surface area contributed by atoms with Crippen molar-refractivity contribution >= 4 is 23.6 Å². The molecule has 116 valence electrons. The van der Waals surface area contributed by atoms with Crippen LogP contribution in [0.3, 0.4) is 0 Å². The molecule has 0 radical (unpaired) electrons. The molecule has 1 aromatic rings. The molecule has 2 amide bonds. The molecule has 5 heteroatoms. The Morgan fingerprint density at radius 3 is 2.29 bits per heavy atom. The molecular weight excluding hydrogens is 284 g/mol. The molecule has 21 heavy (non-hydrogen) atoms. The van der Waals surface area contributed by atoms with E-state index in [9.17, 15) is 9.59 Å². The fourth-order valence-corrected chi connectivity index (χ4v) is 2.91. The molecule has 0 unspecified atom stereocenters. The molecule has 0 aliphatic heterocycles. The minimum atomic E-state index is -0.0243. The Labute approximate surface area is 131 Å². The van der Waals surface area contributed by atoms with Crippen LogP contribution in [-0.2, 0) is 9.59 Å². The Kier molecular flexibility index (Phi) is 7.29. The second-order valence-electron chi connectivity index (χ2n) is 4.87. The number of thioether (sulfide) groups is 1. The SMILES string of the molecule is CCN(CC)C(=O)CN(C)C(=O)CSc1ccccc1C. The normalized spacial score (nSPS) is 10.3. The van der Waals surface area contributed by atoms with E-state index in [2.05, 4.69) is 0 Å². The zero-order chi connectivity index (χ0) is 15.8. The van der Waals surface area contributed by atoms with Gasteiger partial charge in [-0.3, -0.25) is 9.59 Å². The van der Waals surface area contributed by atoms with Crippen LogP contribution in [0.4, 0.5) is 0 Å². The average molecular weight is 308 g/mol. The van der Waals surface area contributed by atoms with Crippen LogP contribution in [0.5, 0.6) is 0 Å². The van der Waals surface area contributed by atoms with Crippen molar-refractivity contribution in [3.8, 4) is 0 Å². The molecule has 0 saturated carbocycles. The third kappa shape index (κ3) is 5.42. The van der Waals surface area contributed by atoms with Gasteiger partial charge in [-0.15, -0.1) is 11.8 Å². The monoisotopic (exact) mass is 308 g/mol. The zero-order valence-electron chi connectivity index (χ0n) is 13.3. The molecule has 0 fully saturated rings. The Morgan fingerprint density at radius 2 is 1.71 bits per heavy atom. The van der Waals surface area contributed by atoms with Crippen LogP contribution in [0.1, 0.15) is 19.4 Å². The minimum Gasteiger partial charge on any atom is -0.342 e. The van der Waals surface area contributed by atoms with Crippen molar-refractivity contribution in [1.29, 1.82) is 0 Å². The molecule has 0 aliphatic carbocycles. The summed E-state index contributed by atoms with van der Waals surface area (Å²) in [4.78, 5) is 28.4. The summed E-state index contributed by atoms with van der Waals surface area (Å²) in [6.07, 6.45) is 0. The summed E-state index contributed by atoms with van der Waals surface area (Å²) >= 11 is 1.51. The number of amides is 2. The number of aryl methyl sites for hydroxylation is 1. The molecule has 0 saturated heterocycles. The van der Waals surface area contributed by atoms with E-state index in [0.29, 0.717) is 18.8 Å². The highest BCUT2D eigenvalue weighted by atomic mass is 32.2. The second-order valence-corrected chi connectivity index (χ2v) is 5.89. The molecule has 0 atom stereocenters. The maximum absolute atomic E-state index is 12.1. The Morgan fingerprint density at radius 1 is 1.10 bits per heavy atom. The lowest BCUT2D eigenvalue weighted by atomic mass is 10.2. The summed E-state index contributed by atoms with van der Waals surface area (Å²) in [6.45, 7) is 7.41. The van der Waals surface area contributed by atoms with Gasteiger partial charge in [0.1, 0.15) is 0 Å². The predicted molar refractivity (Wildman–Crippen MR) is 87.5 cm³/mol. The van der Waals surface area contributed by atoms with Gasteiger partial charge in [0.25, 0.3) is 0 Å². The van der Waals surface area contributed by atoms with Crippen molar-refractivity contribution in [2.45, 2.75) is 25.7 Å². The lowest BCUT2D eigenvalue weighted by molar-refractivity contribution is -0.137. The maximum Gasteiger partial charge on any atom is 0.242 e. The minimum absolute atomic E-state index is 0.00302. The first-order chi connectivity index (χ1) is 9.99. The molecule has 0 bridgehead atoms. The lowest BCUT2D eigenvalue weighted by Crippen LogP contribution is -2.41. The molecular formula is C16H24N2O2S. The molecule has 0 aliphatic rings. The number of hydrogen-bond donors (Lipinski definition) is 0. The number of nitrogens with zero attached hydrogens (tertiary/aromatic N) is 2. The molecule has 0 heterocycles. The lowest BCUT2D eigenvalue weighted by Gasteiger charge is -2.23. The second kappa shape index (κ2) is 8.72. The van der Waals surface area contributed by atoms with Gasteiger partial charge in [0.05, 0.1) is 12.3 Å². The van der Waals surface area contributed by atoms with E-state index in [1.54, 1.807) is 11.9 Å². The van der Waals surface area contributed by atoms with Crippen LogP contribution in [0, 0.1) is 6.92 Å². The zero-order valence-corrected chi connectivity index (χ0v) is 14.1. The third-order valence-electron chi connectivity index (χ3n) is 3.36. The first kappa shape index (κ1) is 17.6. The van der Waals surface area contributed by atoms with Gasteiger partial charge in [-0.05, 0) is 32.4 Å². The average Bonchev–Trinajstić information content (AvgIpc) is 2.47.